The highest BCUT2D eigenvalue weighted by Crippen LogP contribution is 2.15. The fourth-order valence-electron chi connectivity index (χ4n) is 1.33. The molecule has 5 nitrogen and oxygen atoms in total. The van der Waals surface area contributed by atoms with Gasteiger partial charge in [-0.15, -0.1) is 0 Å². The fourth-order valence-corrected chi connectivity index (χ4v) is 1.33. The minimum absolute atomic E-state index is 0.207. The molecule has 0 saturated carbocycles. The van der Waals surface area contributed by atoms with E-state index in [2.05, 4.69) is 9.72 Å². The van der Waals surface area contributed by atoms with Crippen LogP contribution in [0.4, 0.5) is 5.82 Å². The predicted molar refractivity (Wildman–Crippen MR) is 53.0 cm³/mol. The van der Waals surface area contributed by atoms with Crippen molar-refractivity contribution in [3.63, 3.8) is 0 Å². The molecule has 14 heavy (non-hydrogen) atoms. The van der Waals surface area contributed by atoms with Gasteiger partial charge in [-0.25, -0.2) is 9.78 Å². The Bertz CT molecular complexity index is 344. The van der Waals surface area contributed by atoms with E-state index in [4.69, 9.17) is 5.73 Å². The Hall–Kier alpha value is -1.52. The number of carbonyl (C=O) groups is 1. The Morgan fingerprint density at radius 3 is 2.79 bits per heavy atom. The first-order chi connectivity index (χ1) is 6.61. The van der Waals surface area contributed by atoms with Crippen LogP contribution in [0.5, 0.6) is 0 Å². The molecule has 0 aromatic carbocycles. The van der Waals surface area contributed by atoms with Gasteiger partial charge in [-0.05, 0) is 13.3 Å². The molecule has 0 fully saturated rings. The predicted octanol–water partition coefficient (Wildman–Crippen LogP) is 0.970. The molecule has 1 aromatic rings. The van der Waals surface area contributed by atoms with Gasteiger partial charge in [0.25, 0.3) is 0 Å². The normalized spacial score (nSPS) is 10.2. The van der Waals surface area contributed by atoms with Crippen molar-refractivity contribution in [2.45, 2.75) is 26.8 Å². The van der Waals surface area contributed by atoms with E-state index >= 15 is 0 Å². The molecule has 1 rings (SSSR count). The van der Waals surface area contributed by atoms with Crippen LogP contribution in [-0.4, -0.2) is 22.6 Å². The van der Waals surface area contributed by atoms with E-state index in [1.807, 2.05) is 18.4 Å². The first kappa shape index (κ1) is 10.6. The number of imidazole rings is 1. The van der Waals surface area contributed by atoms with Crippen molar-refractivity contribution >= 4 is 11.8 Å². The van der Waals surface area contributed by atoms with Crippen molar-refractivity contribution in [2.75, 3.05) is 12.8 Å². The van der Waals surface area contributed by atoms with Gasteiger partial charge in [-0.1, -0.05) is 6.92 Å². The monoisotopic (exact) mass is 197 g/mol. The summed E-state index contributed by atoms with van der Waals surface area (Å²) in [6.07, 6.45) is 0.946. The van der Waals surface area contributed by atoms with E-state index in [1.165, 1.54) is 7.11 Å². The van der Waals surface area contributed by atoms with Crippen LogP contribution in [-0.2, 0) is 11.3 Å². The number of nitrogen functional groups attached to an aromatic ring is 1. The number of hydrogen-bond donors (Lipinski definition) is 1. The second-order valence-electron chi connectivity index (χ2n) is 3.04. The summed E-state index contributed by atoms with van der Waals surface area (Å²) < 4.78 is 6.38. The molecule has 0 spiro atoms. The summed E-state index contributed by atoms with van der Waals surface area (Å²) >= 11 is 0. The fraction of sp³-hybridized carbons (Fsp3) is 0.556. The number of aromatic nitrogens is 2. The summed E-state index contributed by atoms with van der Waals surface area (Å²) in [6, 6.07) is 0. The Labute approximate surface area is 82.9 Å². The first-order valence-electron chi connectivity index (χ1n) is 4.52. The number of methoxy groups -OCH3 is 1. The summed E-state index contributed by atoms with van der Waals surface area (Å²) in [5.41, 5.74) is 5.97. The third-order valence-corrected chi connectivity index (χ3v) is 2.02. The molecule has 0 aliphatic rings. The van der Waals surface area contributed by atoms with Gasteiger partial charge >= 0.3 is 5.97 Å². The molecule has 1 aromatic heterocycles. The number of aryl methyl sites for hydroxylation is 1. The molecule has 1 heterocycles. The van der Waals surface area contributed by atoms with E-state index in [-0.39, 0.29) is 5.69 Å². The highest BCUT2D eigenvalue weighted by Gasteiger charge is 2.18. The minimum atomic E-state index is -0.486. The van der Waals surface area contributed by atoms with Crippen LogP contribution >= 0.6 is 0 Å². The van der Waals surface area contributed by atoms with Gasteiger partial charge in [0.15, 0.2) is 5.69 Å². The van der Waals surface area contributed by atoms with Gasteiger partial charge in [0, 0.05) is 6.54 Å². The molecular formula is C9H15N3O2. The van der Waals surface area contributed by atoms with Crippen LogP contribution in [0.1, 0.15) is 29.7 Å². The summed E-state index contributed by atoms with van der Waals surface area (Å²) in [6.45, 7) is 4.62. The molecule has 0 saturated heterocycles. The molecule has 0 unspecified atom stereocenters. The van der Waals surface area contributed by atoms with Crippen LogP contribution in [0, 0.1) is 6.92 Å². The number of esters is 1. The molecule has 5 heteroatoms. The zero-order valence-electron chi connectivity index (χ0n) is 8.70. The van der Waals surface area contributed by atoms with Crippen LogP contribution in [0.15, 0.2) is 0 Å². The zero-order valence-corrected chi connectivity index (χ0v) is 8.70. The summed E-state index contributed by atoms with van der Waals surface area (Å²) in [7, 11) is 1.32. The largest absolute Gasteiger partial charge is 0.464 e. The first-order valence-corrected chi connectivity index (χ1v) is 4.52. The lowest BCUT2D eigenvalue weighted by molar-refractivity contribution is 0.0595. The van der Waals surface area contributed by atoms with Crippen LogP contribution in [0.3, 0.4) is 0 Å². The standard InChI is InChI=1S/C9H15N3O2/c1-4-5-12-6(2)11-7(8(12)10)9(13)14-3/h4-5,10H2,1-3H3. The number of ether oxygens (including phenoxy) is 1. The Morgan fingerprint density at radius 2 is 2.29 bits per heavy atom. The highest BCUT2D eigenvalue weighted by atomic mass is 16.5. The minimum Gasteiger partial charge on any atom is -0.464 e. The van der Waals surface area contributed by atoms with Crippen LogP contribution < -0.4 is 5.73 Å². The SMILES string of the molecule is CCCn1c(C)nc(C(=O)OC)c1N. The lowest BCUT2D eigenvalue weighted by Crippen LogP contribution is -2.08. The van der Waals surface area contributed by atoms with Crippen molar-refractivity contribution in [2.24, 2.45) is 0 Å². The second-order valence-corrected chi connectivity index (χ2v) is 3.04. The second kappa shape index (κ2) is 4.13. The van der Waals surface area contributed by atoms with Gasteiger partial charge in [0.2, 0.25) is 0 Å². The van der Waals surface area contributed by atoms with Gasteiger partial charge in [-0.2, -0.15) is 0 Å². The number of hydrogen-bond acceptors (Lipinski definition) is 4. The van der Waals surface area contributed by atoms with Crippen LogP contribution in [0.2, 0.25) is 0 Å². The van der Waals surface area contributed by atoms with Crippen molar-refractivity contribution < 1.29 is 9.53 Å². The third-order valence-electron chi connectivity index (χ3n) is 2.02. The van der Waals surface area contributed by atoms with Crippen molar-refractivity contribution in [3.05, 3.63) is 11.5 Å². The highest BCUT2D eigenvalue weighted by molar-refractivity contribution is 5.92. The van der Waals surface area contributed by atoms with E-state index < -0.39 is 5.97 Å². The van der Waals surface area contributed by atoms with E-state index in [0.717, 1.165) is 18.8 Å². The van der Waals surface area contributed by atoms with Crippen molar-refractivity contribution in [1.82, 2.24) is 9.55 Å². The Kier molecular flexibility index (Phi) is 3.11. The smallest absolute Gasteiger partial charge is 0.360 e. The quantitative estimate of drug-likeness (QED) is 0.733. The lowest BCUT2D eigenvalue weighted by Gasteiger charge is -2.04. The van der Waals surface area contributed by atoms with Crippen molar-refractivity contribution in [1.29, 1.82) is 0 Å². The van der Waals surface area contributed by atoms with Gasteiger partial charge in [-0.3, -0.25) is 0 Å². The number of anilines is 1. The summed E-state index contributed by atoms with van der Waals surface area (Å²) in [5, 5.41) is 0. The maximum atomic E-state index is 11.2. The molecule has 0 radical (unpaired) electrons. The average Bonchev–Trinajstić information content (AvgIpc) is 2.45. The molecule has 0 amide bonds. The number of nitrogens with zero attached hydrogens (tertiary/aromatic N) is 2. The molecule has 0 aliphatic carbocycles. The molecule has 0 aliphatic heterocycles. The van der Waals surface area contributed by atoms with E-state index in [1.54, 1.807) is 0 Å². The number of nitrogens with two attached hydrogens (primary N) is 1. The van der Waals surface area contributed by atoms with Gasteiger partial charge in [0.1, 0.15) is 11.6 Å². The average molecular weight is 197 g/mol. The third kappa shape index (κ3) is 1.71. The summed E-state index contributed by atoms with van der Waals surface area (Å²) in [4.78, 5) is 15.3. The number of carbonyl (C=O) groups excluding carboxylic acids is 1. The molecule has 0 atom stereocenters. The maximum Gasteiger partial charge on any atom is 0.360 e. The Balaban J connectivity index is 3.10. The maximum absolute atomic E-state index is 11.2. The topological polar surface area (TPSA) is 70.1 Å². The van der Waals surface area contributed by atoms with Gasteiger partial charge < -0.3 is 15.0 Å². The van der Waals surface area contributed by atoms with E-state index in [0.29, 0.717) is 5.82 Å². The summed E-state index contributed by atoms with van der Waals surface area (Å²) in [5.74, 6) is 0.640. The van der Waals surface area contributed by atoms with Crippen LogP contribution in [0.25, 0.3) is 0 Å². The molecule has 0 bridgehead atoms. The van der Waals surface area contributed by atoms with Gasteiger partial charge in [0.05, 0.1) is 7.11 Å². The lowest BCUT2D eigenvalue weighted by atomic mass is 10.4. The molecule has 2 N–H and O–H groups in total. The number of rotatable bonds is 3. The van der Waals surface area contributed by atoms with Crippen molar-refractivity contribution in [3.8, 4) is 0 Å². The van der Waals surface area contributed by atoms with E-state index in [9.17, 15) is 4.79 Å². The molecular weight excluding hydrogens is 182 g/mol. The zero-order chi connectivity index (χ0) is 10.7. The Morgan fingerprint density at radius 1 is 1.64 bits per heavy atom. The molecule has 78 valence electrons.